The molecule has 10 aromatic rings. The molecule has 2 amide bonds. The van der Waals surface area contributed by atoms with E-state index in [9.17, 15) is 69.6 Å². The fourth-order valence-electron chi connectivity index (χ4n) is 15.9. The van der Waals surface area contributed by atoms with Crippen LogP contribution in [-0.2, 0) is 117 Å². The van der Waals surface area contributed by atoms with Crippen LogP contribution in [0.25, 0.3) is 32.6 Å². The molecule has 3 aromatic heterocycles. The highest BCUT2D eigenvalue weighted by Crippen LogP contribution is 2.38. The summed E-state index contributed by atoms with van der Waals surface area (Å²) in [5.74, 6) is 12.6. The van der Waals surface area contributed by atoms with Gasteiger partial charge >= 0.3 is 21.6 Å². The van der Waals surface area contributed by atoms with Gasteiger partial charge in [0.15, 0.2) is 26.2 Å². The second kappa shape index (κ2) is 58.4. The average molecular weight is 2150 g/mol. The summed E-state index contributed by atoms with van der Waals surface area (Å²) in [5, 5.41) is 8.13. The van der Waals surface area contributed by atoms with E-state index in [0.29, 0.717) is 85.4 Å². The molecule has 4 aliphatic rings. The van der Waals surface area contributed by atoms with E-state index in [0.717, 1.165) is 111 Å². The number of benzene rings is 7. The first kappa shape index (κ1) is 122. The number of aryl methyl sites for hydroxylation is 3. The van der Waals surface area contributed by atoms with Crippen molar-refractivity contribution in [3.05, 3.63) is 205 Å². The van der Waals surface area contributed by atoms with Crippen LogP contribution in [0.3, 0.4) is 0 Å². The van der Waals surface area contributed by atoms with E-state index in [4.69, 9.17) is 20.9 Å². The van der Waals surface area contributed by atoms with Crippen molar-refractivity contribution < 1.29 is 79.1 Å². The normalized spacial score (nSPS) is 14.5. The molecule has 0 bridgehead atoms. The lowest BCUT2D eigenvalue weighted by atomic mass is 9.91. The molecule has 7 aromatic carbocycles. The Morgan fingerprint density at radius 1 is 0.483 bits per heavy atom. The maximum absolute atomic E-state index is 12.3. The zero-order chi connectivity index (χ0) is 106. The lowest BCUT2D eigenvalue weighted by molar-refractivity contribution is -0.123. The number of ether oxygens (including phenoxy) is 2. The van der Waals surface area contributed by atoms with Crippen LogP contribution in [0.4, 0.5) is 35.0 Å². The predicted molar refractivity (Wildman–Crippen MR) is 592 cm³/mol. The van der Waals surface area contributed by atoms with Crippen LogP contribution in [-0.4, -0.2) is 155 Å². The molecule has 0 aliphatic carbocycles. The van der Waals surface area contributed by atoms with Gasteiger partial charge < -0.3 is 30.1 Å². The number of sulfonamides is 5. The highest BCUT2D eigenvalue weighted by molar-refractivity contribution is 8.05. The van der Waals surface area contributed by atoms with Gasteiger partial charge in [0, 0.05) is 92.4 Å². The zero-order valence-corrected chi connectivity index (χ0v) is 93.8. The number of ketones is 1. The standard InChI is InChI=1S/C19H32N2O6S2.C18H23OS.C14H24N2O4S2.2C13H16NS.C13H21N.C10H19OS.C7H5F3N2O3S/c1-5-6-7-8-9-10-15-28(23,24)21-29(25,26)17-13-11-16(12-14-17)20-18(22)27-19(2,3)4;1-2-3-12-19-17-10-11-18(20-13-6-7-14-20)16-9-5-4-8-15(16)17;1-2-3-4-5-6-7-12-21(17,18)16-22(19,20)14-10-8-13(15)9-11-14;2*1-14-10-13(15-8-4-5-9-15)11-6-2-3-7-12(11)14;1-8(2)11-6-10(5)7-12(9(3)4)13(11)14;1-10(2,3)9(11)8-12-6-4-5-7-12;8-7(9,10)16(14,15)12-6(13)5-2-1-3-11-4-5/h11-14,21H,5-10,15H2,1-4H3,(H,20,22);4-5,8-11H,2-3,6-7,12-14H2,1H3;8-11,16H,2-7,12,15H2,1H3;2*2-3,6-7,10H,4-5,8-9H2,1H3;6-9H,14H2,1-5H3;4-8H2,1-3H3;1-4H,(H,12,13)/q;+1;;2*+1;;+1;. The Morgan fingerprint density at radius 3 is 1.30 bits per heavy atom. The van der Waals surface area contributed by atoms with Crippen molar-refractivity contribution in [2.24, 2.45) is 19.5 Å². The number of nitrogens with zero attached hydrogens (tertiary/aromatic N) is 3. The molecule has 0 radical (unpaired) electrons. The van der Waals surface area contributed by atoms with Crippen molar-refractivity contribution in [2.45, 2.75) is 286 Å². The summed E-state index contributed by atoms with van der Waals surface area (Å²) in [4.78, 5) is 42.3. The van der Waals surface area contributed by atoms with Crippen LogP contribution in [0.15, 0.2) is 207 Å². The van der Waals surface area contributed by atoms with Crippen LogP contribution >= 0.6 is 0 Å². The van der Waals surface area contributed by atoms with Crippen LogP contribution in [0.1, 0.15) is 270 Å². The van der Waals surface area contributed by atoms with Gasteiger partial charge in [-0.3, -0.25) is 19.9 Å². The number of halogens is 3. The van der Waals surface area contributed by atoms with Crippen molar-refractivity contribution in [3.63, 3.8) is 0 Å². The summed E-state index contributed by atoms with van der Waals surface area (Å²) < 4.78 is 173. The first-order valence-corrected chi connectivity index (χ1v) is 63.9. The third kappa shape index (κ3) is 41.0. The average Bonchev–Trinajstić information content (AvgIpc) is 1.75. The third-order valence-electron chi connectivity index (χ3n) is 23.7. The number of pyridine rings is 1. The number of hydrogen-bond donors (Lipinski definition) is 6. The number of carbonyl (C=O) groups excluding carboxylic acids is 3. The molecule has 0 spiro atoms. The van der Waals surface area contributed by atoms with Crippen molar-refractivity contribution in [1.82, 2.24) is 27.1 Å². The van der Waals surface area contributed by atoms with Gasteiger partial charge in [-0.1, -0.05) is 200 Å². The van der Waals surface area contributed by atoms with Crippen molar-refractivity contribution in [2.75, 3.05) is 86.7 Å². The van der Waals surface area contributed by atoms with E-state index < -0.39 is 73.2 Å². The van der Waals surface area contributed by atoms with E-state index in [1.54, 1.807) is 43.7 Å². The molecule has 24 nitrogen and oxygen atoms in total. The zero-order valence-electron chi connectivity index (χ0n) is 86.4. The van der Waals surface area contributed by atoms with Gasteiger partial charge in [-0.2, -0.15) is 21.6 Å². The summed E-state index contributed by atoms with van der Waals surface area (Å²) in [5.41, 5.74) is 13.4. The smallest absolute Gasteiger partial charge is 0.493 e. The predicted octanol–water partition coefficient (Wildman–Crippen LogP) is 23.4. The quantitative estimate of drug-likeness (QED) is 0.0124. The monoisotopic (exact) mass is 2150 g/mol. The van der Waals surface area contributed by atoms with Crippen molar-refractivity contribution >= 4 is 161 Å². The summed E-state index contributed by atoms with van der Waals surface area (Å²) in [7, 11) is -15.5. The molecule has 4 fully saturated rings. The fourth-order valence-corrected chi connectivity index (χ4v) is 32.7. The van der Waals surface area contributed by atoms with Crippen LogP contribution in [0.5, 0.6) is 5.75 Å². The molecule has 790 valence electrons. The molecular formula is C107H156F3N9O15S9+4. The number of nitrogens with two attached hydrogens (primary N) is 2. The minimum atomic E-state index is -5.67. The van der Waals surface area contributed by atoms with Crippen LogP contribution in [0, 0.1) is 12.3 Å². The Kier molecular flexibility index (Phi) is 49.7. The number of Topliss-reactive ketones (excluding diaryl/α,β-unsaturated/α-hetero) is 1. The summed E-state index contributed by atoms with van der Waals surface area (Å²) >= 11 is 0. The van der Waals surface area contributed by atoms with Gasteiger partial charge in [0.2, 0.25) is 20.0 Å². The molecule has 0 unspecified atom stereocenters. The number of hydrogen-bond acceptors (Lipinski definition) is 18. The molecule has 4 saturated heterocycles. The SMILES string of the molecule is CC(C)(C)C(=O)C[S+]1CCCC1.CCCCCCCCS(=O)(=O)NS(=O)(=O)c1ccc(N)cc1.CCCCCCCCS(=O)(=O)NS(=O)(=O)c1ccc(NC(=O)OC(C)(C)C)cc1.CCCCOc1ccc([S+]2CCCC2)c2ccccc12.Cc1cc(C(C)C)c(N)c(C(C)C)c1.Cn1cc([S+]2CCCC2)c2ccccc21.Cn1cc([S+]2CCCC2)c2ccccc21.O=C(NS(=O)(=O)C(F)(F)F)c1cccnc1. The van der Waals surface area contributed by atoms with Crippen LogP contribution < -0.4 is 34.5 Å². The molecule has 7 heterocycles. The van der Waals surface area contributed by atoms with Gasteiger partial charge in [-0.05, 0) is 235 Å². The fraction of sp³-hybridized carbons (Fsp3) is 0.514. The molecule has 0 saturated carbocycles. The highest BCUT2D eigenvalue weighted by Gasteiger charge is 2.47. The maximum Gasteiger partial charge on any atom is 0.516 e. The van der Waals surface area contributed by atoms with Crippen molar-refractivity contribution in [1.29, 1.82) is 0 Å². The minimum absolute atomic E-state index is 0.115. The highest BCUT2D eigenvalue weighted by atomic mass is 32.3. The van der Waals surface area contributed by atoms with Gasteiger partial charge in [-0.15, -0.1) is 8.25 Å². The Hall–Kier alpha value is -8.30. The number of nitrogens with one attached hydrogen (secondary N) is 4. The molecule has 36 heteroatoms. The number of nitrogen functional groups attached to an aromatic ring is 2. The number of rotatable bonds is 34. The van der Waals surface area contributed by atoms with Crippen LogP contribution in [0.2, 0.25) is 0 Å². The van der Waals surface area contributed by atoms with E-state index in [-0.39, 0.29) is 32.3 Å². The van der Waals surface area contributed by atoms with Gasteiger partial charge in [0.25, 0.3) is 26.0 Å². The number of alkyl halides is 3. The van der Waals surface area contributed by atoms with Gasteiger partial charge in [0.1, 0.15) is 57.4 Å². The number of amides is 2. The second-order valence-electron chi connectivity index (χ2n) is 38.8. The van der Waals surface area contributed by atoms with E-state index in [1.807, 2.05) is 20.8 Å². The molecule has 4 aliphatic heterocycles. The van der Waals surface area contributed by atoms with E-state index in [2.05, 4.69) is 198 Å². The largest absolute Gasteiger partial charge is 0.516 e. The minimum Gasteiger partial charge on any atom is -0.493 e. The molecule has 143 heavy (non-hydrogen) atoms. The van der Waals surface area contributed by atoms with E-state index in [1.165, 1.54) is 214 Å². The third-order valence-corrected chi connectivity index (χ3v) is 42.0. The summed E-state index contributed by atoms with van der Waals surface area (Å²) in [6.07, 6.45) is 30.6. The molecule has 0 atom stereocenters. The first-order valence-electron chi connectivity index (χ1n) is 49.7. The lowest BCUT2D eigenvalue weighted by Crippen LogP contribution is -2.40. The summed E-state index contributed by atoms with van der Waals surface area (Å²) in [6.45, 7) is 29.4. The van der Waals surface area contributed by atoms with Crippen molar-refractivity contribution in [3.8, 4) is 5.75 Å². The molecule has 8 N–H and O–H groups in total. The maximum atomic E-state index is 12.3. The number of aromatic nitrogens is 3. The Bertz CT molecular complexity index is 6130. The van der Waals surface area contributed by atoms with Gasteiger partial charge in [-0.25, -0.2) is 43.2 Å². The number of fused-ring (bicyclic) bond motifs is 3. The molecular weight excluding hydrogens is 2000 g/mol. The summed E-state index contributed by atoms with van der Waals surface area (Å²) in [6, 6.07) is 48.2. The number of carbonyl (C=O) groups is 3. The van der Waals surface area contributed by atoms with Gasteiger partial charge in [0.05, 0.1) is 67.7 Å². The second-order valence-corrected chi connectivity index (χ2v) is 57.1. The lowest BCUT2D eigenvalue weighted by Gasteiger charge is -2.19. The Morgan fingerprint density at radius 2 is 0.888 bits per heavy atom. The molecule has 14 rings (SSSR count). The van der Waals surface area contributed by atoms with E-state index >= 15 is 0 Å². The first-order chi connectivity index (χ1) is 67.4. The Labute approximate surface area is 862 Å². The Balaban J connectivity index is 0.000000225. The topological polar surface area (TPSA) is 363 Å². The number of anilines is 3. The number of unbranched alkanes of at least 4 members (excludes halogenated alkanes) is 11. The number of para-hydroxylation sites is 2.